The zero-order valence-electron chi connectivity index (χ0n) is 52.3. The number of rotatable bonds is 60. The number of aliphatic hydroxyl groups is 5. The lowest BCUT2D eigenvalue weighted by atomic mass is 9.99. The normalized spacial score (nSPS) is 18.8. The summed E-state index contributed by atoms with van der Waals surface area (Å²) in [7, 11) is 0. The summed E-state index contributed by atoms with van der Waals surface area (Å²) >= 11 is 0. The maximum atomic E-state index is 13.1. The van der Waals surface area contributed by atoms with Gasteiger partial charge in [-0.25, -0.2) is 0 Å². The van der Waals surface area contributed by atoms with E-state index in [-0.39, 0.29) is 12.5 Å². The molecule has 80 heavy (non-hydrogen) atoms. The van der Waals surface area contributed by atoms with E-state index in [4.69, 9.17) is 9.47 Å². The van der Waals surface area contributed by atoms with Gasteiger partial charge in [-0.05, 0) is 70.6 Å². The van der Waals surface area contributed by atoms with Gasteiger partial charge in [0.15, 0.2) is 6.29 Å². The highest BCUT2D eigenvalue weighted by Crippen LogP contribution is 2.23. The van der Waals surface area contributed by atoms with Crippen LogP contribution in [0.1, 0.15) is 328 Å². The van der Waals surface area contributed by atoms with Crippen LogP contribution >= 0.6 is 0 Å². The Labute approximate surface area is 494 Å². The smallest absolute Gasteiger partial charge is 0.220 e. The van der Waals surface area contributed by atoms with Gasteiger partial charge in [0.2, 0.25) is 5.91 Å². The number of carbonyl (C=O) groups excluding carboxylic acids is 1. The molecule has 0 aliphatic carbocycles. The van der Waals surface area contributed by atoms with Crippen molar-refractivity contribution in [2.75, 3.05) is 13.2 Å². The third-order valence-electron chi connectivity index (χ3n) is 16.3. The van der Waals surface area contributed by atoms with E-state index in [1.807, 2.05) is 6.08 Å². The molecule has 1 amide bonds. The molecule has 1 aliphatic rings. The van der Waals surface area contributed by atoms with Gasteiger partial charge in [0.05, 0.1) is 25.4 Å². The molecule has 0 saturated carbocycles. The van der Waals surface area contributed by atoms with E-state index in [1.54, 1.807) is 6.08 Å². The quantitative estimate of drug-likeness (QED) is 0.0261. The number of ether oxygens (including phenoxy) is 2. The van der Waals surface area contributed by atoms with Gasteiger partial charge >= 0.3 is 0 Å². The number of hydrogen-bond donors (Lipinski definition) is 6. The van der Waals surface area contributed by atoms with Crippen LogP contribution in [0.2, 0.25) is 0 Å². The predicted octanol–water partition coefficient (Wildman–Crippen LogP) is 18.6. The Morgan fingerprint density at radius 1 is 0.425 bits per heavy atom. The number of unbranched alkanes of at least 4 members (excludes halogenated alkanes) is 42. The average molecular weight is 1130 g/mol. The van der Waals surface area contributed by atoms with E-state index in [1.165, 1.54) is 257 Å². The number of allylic oxidation sites excluding steroid dienone is 9. The minimum Gasteiger partial charge on any atom is -0.394 e. The second-order valence-corrected chi connectivity index (χ2v) is 24.0. The first-order valence-corrected chi connectivity index (χ1v) is 34.5. The van der Waals surface area contributed by atoms with Crippen LogP contribution in [0.5, 0.6) is 0 Å². The number of amides is 1. The predicted molar refractivity (Wildman–Crippen MR) is 341 cm³/mol. The number of nitrogens with one attached hydrogen (secondary N) is 1. The van der Waals surface area contributed by atoms with E-state index in [0.29, 0.717) is 6.42 Å². The first kappa shape index (κ1) is 75.9. The lowest BCUT2D eigenvalue weighted by Gasteiger charge is -2.40. The molecule has 1 fully saturated rings. The van der Waals surface area contributed by atoms with E-state index < -0.39 is 49.5 Å². The average Bonchev–Trinajstić information content (AvgIpc) is 3.46. The zero-order valence-corrected chi connectivity index (χ0v) is 52.3. The van der Waals surface area contributed by atoms with E-state index in [2.05, 4.69) is 67.8 Å². The zero-order chi connectivity index (χ0) is 57.9. The molecule has 1 heterocycles. The standard InChI is InChI=1S/C71H131NO8/c1-3-5-7-9-11-13-15-17-19-21-23-25-27-29-31-32-33-35-36-38-40-42-44-46-48-50-52-54-56-58-60-65(74)64(63-79-71-70(78)69(77)68(76)66(62-73)80-71)72-67(75)61-59-57-55-53-51-49-47-45-43-41-39-37-34-30-28-26-24-22-20-18-16-14-12-10-8-6-4-2/h16,18,22,24,28,30,50,52,58,60,64-66,68-71,73-74,76-78H,3-15,17,19-21,23,25-27,29,31-49,51,53-57,59,61-63H2,1-2H3,(H,72,75)/b18-16-,24-22-,30-28-,52-50+,60-58+. The summed E-state index contributed by atoms with van der Waals surface area (Å²) in [4.78, 5) is 13.1. The van der Waals surface area contributed by atoms with Crippen LogP contribution in [-0.2, 0) is 14.3 Å². The molecule has 9 heteroatoms. The molecule has 1 saturated heterocycles. The van der Waals surface area contributed by atoms with Crippen molar-refractivity contribution < 1.29 is 39.8 Å². The summed E-state index contributed by atoms with van der Waals surface area (Å²) in [5, 5.41) is 54.7. The van der Waals surface area contributed by atoms with Crippen LogP contribution < -0.4 is 5.32 Å². The summed E-state index contributed by atoms with van der Waals surface area (Å²) in [6, 6.07) is -0.827. The molecule has 468 valence electrons. The Balaban J connectivity index is 2.17. The van der Waals surface area contributed by atoms with E-state index in [9.17, 15) is 30.3 Å². The fourth-order valence-corrected chi connectivity index (χ4v) is 10.9. The van der Waals surface area contributed by atoms with Crippen molar-refractivity contribution in [3.63, 3.8) is 0 Å². The maximum absolute atomic E-state index is 13.1. The lowest BCUT2D eigenvalue weighted by Crippen LogP contribution is -2.60. The van der Waals surface area contributed by atoms with Gasteiger partial charge < -0.3 is 40.3 Å². The second-order valence-electron chi connectivity index (χ2n) is 24.0. The highest BCUT2D eigenvalue weighted by molar-refractivity contribution is 5.76. The number of carbonyl (C=O) groups is 1. The van der Waals surface area contributed by atoms with Crippen LogP contribution in [0.3, 0.4) is 0 Å². The molecule has 0 aromatic heterocycles. The van der Waals surface area contributed by atoms with Crippen molar-refractivity contribution in [3.05, 3.63) is 60.8 Å². The van der Waals surface area contributed by atoms with Crippen molar-refractivity contribution in [2.24, 2.45) is 0 Å². The van der Waals surface area contributed by atoms with Crippen molar-refractivity contribution in [3.8, 4) is 0 Å². The molecular weight excluding hydrogens is 995 g/mol. The fraction of sp³-hybridized carbons (Fsp3) is 0.845. The van der Waals surface area contributed by atoms with Gasteiger partial charge in [0.1, 0.15) is 24.4 Å². The summed E-state index contributed by atoms with van der Waals surface area (Å²) < 4.78 is 11.3. The molecule has 0 aromatic rings. The topological polar surface area (TPSA) is 149 Å². The van der Waals surface area contributed by atoms with Crippen LogP contribution in [0.25, 0.3) is 0 Å². The minimum absolute atomic E-state index is 0.186. The number of hydrogen-bond acceptors (Lipinski definition) is 8. The maximum Gasteiger partial charge on any atom is 0.220 e. The van der Waals surface area contributed by atoms with Crippen LogP contribution in [0.15, 0.2) is 60.8 Å². The first-order chi connectivity index (χ1) is 39.3. The number of aliphatic hydroxyl groups excluding tert-OH is 5. The van der Waals surface area contributed by atoms with E-state index in [0.717, 1.165) is 51.4 Å². The molecule has 6 N–H and O–H groups in total. The van der Waals surface area contributed by atoms with Gasteiger partial charge in [-0.2, -0.15) is 0 Å². The molecule has 7 unspecified atom stereocenters. The van der Waals surface area contributed by atoms with Gasteiger partial charge in [-0.3, -0.25) is 4.79 Å². The minimum atomic E-state index is -1.58. The summed E-state index contributed by atoms with van der Waals surface area (Å²) in [5.41, 5.74) is 0. The van der Waals surface area contributed by atoms with Crippen LogP contribution in [0, 0.1) is 0 Å². The van der Waals surface area contributed by atoms with Crippen molar-refractivity contribution in [2.45, 2.75) is 371 Å². The molecule has 7 atom stereocenters. The van der Waals surface area contributed by atoms with Gasteiger partial charge in [-0.15, -0.1) is 0 Å². The monoisotopic (exact) mass is 1130 g/mol. The first-order valence-electron chi connectivity index (χ1n) is 34.5. The van der Waals surface area contributed by atoms with Crippen LogP contribution in [0.4, 0.5) is 0 Å². The van der Waals surface area contributed by atoms with Gasteiger partial charge in [0, 0.05) is 6.42 Å². The van der Waals surface area contributed by atoms with E-state index >= 15 is 0 Å². The van der Waals surface area contributed by atoms with Crippen molar-refractivity contribution in [1.29, 1.82) is 0 Å². The summed E-state index contributed by atoms with van der Waals surface area (Å²) in [6.07, 6.45) is 76.1. The largest absolute Gasteiger partial charge is 0.394 e. The third-order valence-corrected chi connectivity index (χ3v) is 16.3. The summed E-state index contributed by atoms with van der Waals surface area (Å²) in [6.45, 7) is 3.79. The molecule has 0 spiro atoms. The molecular formula is C71H131NO8. The lowest BCUT2D eigenvalue weighted by molar-refractivity contribution is -0.302. The van der Waals surface area contributed by atoms with Crippen LogP contribution in [-0.4, -0.2) is 87.5 Å². The highest BCUT2D eigenvalue weighted by Gasteiger charge is 2.44. The highest BCUT2D eigenvalue weighted by atomic mass is 16.7. The molecule has 1 rings (SSSR count). The van der Waals surface area contributed by atoms with Gasteiger partial charge in [-0.1, -0.05) is 312 Å². The Hall–Kier alpha value is -2.11. The van der Waals surface area contributed by atoms with Gasteiger partial charge in [0.25, 0.3) is 0 Å². The second kappa shape index (κ2) is 60.0. The molecule has 0 aromatic carbocycles. The Morgan fingerprint density at radius 3 is 1.14 bits per heavy atom. The summed E-state index contributed by atoms with van der Waals surface area (Å²) in [5.74, 6) is -0.186. The fourth-order valence-electron chi connectivity index (χ4n) is 10.9. The Morgan fingerprint density at radius 2 is 0.750 bits per heavy atom. The molecule has 0 bridgehead atoms. The Bertz CT molecular complexity index is 1450. The third kappa shape index (κ3) is 48.3. The Kier molecular flexibility index (Phi) is 57.0. The van der Waals surface area contributed by atoms with Crippen molar-refractivity contribution in [1.82, 2.24) is 5.32 Å². The molecule has 0 radical (unpaired) electrons. The molecule has 1 aliphatic heterocycles. The molecule has 9 nitrogen and oxygen atoms in total. The van der Waals surface area contributed by atoms with Crippen molar-refractivity contribution >= 4 is 5.91 Å². The SMILES string of the molecule is CCCCCCC/C=C\C/C=C\C/C=C\CCCCCCCCCCCCCCC(=O)NC(COC1OC(CO)C(O)C(O)C1O)C(O)/C=C/CC/C=C/CCCCCCCCCCCCCCCCCCCCCCCCCC.